The molecule has 1 heterocycles. The van der Waals surface area contributed by atoms with Crippen LogP contribution in [-0.2, 0) is 9.53 Å². The molecule has 2 aliphatic rings. The molecule has 0 radical (unpaired) electrons. The molecule has 0 spiro atoms. The van der Waals surface area contributed by atoms with Crippen molar-refractivity contribution in [2.24, 2.45) is 0 Å². The van der Waals surface area contributed by atoms with Crippen LogP contribution in [0.3, 0.4) is 0 Å². The quantitative estimate of drug-likeness (QED) is 0.819. The molecule has 2 rings (SSSR count). The highest BCUT2D eigenvalue weighted by Gasteiger charge is 2.36. The van der Waals surface area contributed by atoms with Crippen LogP contribution in [0.1, 0.15) is 64.7 Å². The second-order valence-electron chi connectivity index (χ2n) is 6.80. The van der Waals surface area contributed by atoms with Crippen LogP contribution in [0.5, 0.6) is 0 Å². The lowest BCUT2D eigenvalue weighted by Gasteiger charge is -2.43. The van der Waals surface area contributed by atoms with Crippen molar-refractivity contribution < 1.29 is 9.53 Å². The largest absolute Gasteiger partial charge is 0.372 e. The minimum atomic E-state index is -0.301. The molecule has 1 aliphatic heterocycles. The first-order valence-electron chi connectivity index (χ1n) is 8.76. The van der Waals surface area contributed by atoms with Crippen LogP contribution in [0, 0.1) is 0 Å². The fourth-order valence-electron chi connectivity index (χ4n) is 3.90. The molecule has 0 aromatic rings. The third-order valence-corrected chi connectivity index (χ3v) is 5.12. The molecule has 4 nitrogen and oxygen atoms in total. The number of piperidine rings is 1. The van der Waals surface area contributed by atoms with Gasteiger partial charge in [-0.2, -0.15) is 0 Å². The zero-order valence-electron chi connectivity index (χ0n) is 13.8. The van der Waals surface area contributed by atoms with Crippen LogP contribution >= 0.6 is 0 Å². The summed E-state index contributed by atoms with van der Waals surface area (Å²) >= 11 is 0. The Morgan fingerprint density at radius 2 is 1.76 bits per heavy atom. The molecule has 21 heavy (non-hydrogen) atoms. The number of carbonyl (C=O) groups excluding carboxylic acids is 1. The van der Waals surface area contributed by atoms with Gasteiger partial charge in [-0.1, -0.05) is 32.6 Å². The summed E-state index contributed by atoms with van der Waals surface area (Å²) in [5.74, 6) is 0.0823. The van der Waals surface area contributed by atoms with Crippen molar-refractivity contribution in [2.75, 3.05) is 26.7 Å². The van der Waals surface area contributed by atoms with E-state index >= 15 is 0 Å². The minimum Gasteiger partial charge on any atom is -0.372 e. The van der Waals surface area contributed by atoms with Crippen molar-refractivity contribution in [1.29, 1.82) is 0 Å². The van der Waals surface area contributed by atoms with Gasteiger partial charge in [-0.05, 0) is 45.2 Å². The van der Waals surface area contributed by atoms with Crippen LogP contribution in [0.4, 0.5) is 0 Å². The molecule has 1 aliphatic carbocycles. The summed E-state index contributed by atoms with van der Waals surface area (Å²) in [5, 5.41) is 3.38. The molecular weight excluding hydrogens is 264 g/mol. The number of nitrogens with zero attached hydrogens (tertiary/aromatic N) is 1. The Hall–Kier alpha value is -0.610. The smallest absolute Gasteiger partial charge is 0.249 e. The maximum Gasteiger partial charge on any atom is 0.249 e. The minimum absolute atomic E-state index is 0.0153. The standard InChI is InChI=1S/C17H32N2O2/c1-3-15(21-2)16(20)18-17(10-6-4-7-11-17)14-19-12-8-5-9-13-19/h15H,3-14H2,1-2H3,(H,18,20)/t15-/m0/s1. The van der Waals surface area contributed by atoms with Gasteiger partial charge < -0.3 is 15.0 Å². The van der Waals surface area contributed by atoms with Gasteiger partial charge in [0.1, 0.15) is 6.10 Å². The number of ether oxygens (including phenoxy) is 1. The highest BCUT2D eigenvalue weighted by Crippen LogP contribution is 2.30. The molecule has 0 aromatic carbocycles. The molecule has 1 atom stereocenters. The van der Waals surface area contributed by atoms with Gasteiger partial charge >= 0.3 is 0 Å². The zero-order chi connectivity index (χ0) is 15.1. The second-order valence-corrected chi connectivity index (χ2v) is 6.80. The summed E-state index contributed by atoms with van der Waals surface area (Å²) in [6, 6.07) is 0. The van der Waals surface area contributed by atoms with E-state index in [-0.39, 0.29) is 17.6 Å². The van der Waals surface area contributed by atoms with Crippen LogP contribution in [-0.4, -0.2) is 49.2 Å². The summed E-state index contributed by atoms with van der Waals surface area (Å²) in [4.78, 5) is 15.0. The molecule has 2 fully saturated rings. The third kappa shape index (κ3) is 4.68. The molecule has 0 unspecified atom stereocenters. The summed E-state index contributed by atoms with van der Waals surface area (Å²) in [7, 11) is 1.63. The summed E-state index contributed by atoms with van der Waals surface area (Å²) < 4.78 is 5.31. The van der Waals surface area contributed by atoms with Crippen molar-refractivity contribution in [3.8, 4) is 0 Å². The lowest BCUT2D eigenvalue weighted by atomic mass is 9.80. The Balaban J connectivity index is 1.99. The zero-order valence-corrected chi connectivity index (χ0v) is 13.8. The van der Waals surface area contributed by atoms with Crippen LogP contribution in [0.15, 0.2) is 0 Å². The van der Waals surface area contributed by atoms with Gasteiger partial charge in [0.2, 0.25) is 5.91 Å². The van der Waals surface area contributed by atoms with Crippen molar-refractivity contribution in [3.05, 3.63) is 0 Å². The predicted octanol–water partition coefficient (Wildman–Crippen LogP) is 2.72. The number of methoxy groups -OCH3 is 1. The number of nitrogens with one attached hydrogen (secondary N) is 1. The molecule has 1 amide bonds. The van der Waals surface area contributed by atoms with Gasteiger partial charge in [0.25, 0.3) is 0 Å². The Bertz CT molecular complexity index is 317. The fourth-order valence-corrected chi connectivity index (χ4v) is 3.90. The van der Waals surface area contributed by atoms with Gasteiger partial charge in [0.05, 0.1) is 5.54 Å². The Labute approximate surface area is 129 Å². The lowest BCUT2D eigenvalue weighted by Crippen LogP contribution is -2.59. The second kappa shape index (κ2) is 8.14. The van der Waals surface area contributed by atoms with E-state index in [1.807, 2.05) is 6.92 Å². The highest BCUT2D eigenvalue weighted by atomic mass is 16.5. The molecule has 1 saturated carbocycles. The van der Waals surface area contributed by atoms with Crippen LogP contribution in [0.25, 0.3) is 0 Å². The van der Waals surface area contributed by atoms with Crippen molar-refractivity contribution >= 4 is 5.91 Å². The van der Waals surface area contributed by atoms with Gasteiger partial charge in [-0.15, -0.1) is 0 Å². The van der Waals surface area contributed by atoms with E-state index in [2.05, 4.69) is 10.2 Å². The number of amides is 1. The average molecular weight is 296 g/mol. The van der Waals surface area contributed by atoms with Gasteiger partial charge in [-0.3, -0.25) is 4.79 Å². The maximum absolute atomic E-state index is 12.5. The van der Waals surface area contributed by atoms with Gasteiger partial charge in [-0.25, -0.2) is 0 Å². The molecule has 1 N–H and O–H groups in total. The first-order chi connectivity index (χ1) is 10.2. The normalized spacial score (nSPS) is 24.5. The van der Waals surface area contributed by atoms with Crippen LogP contribution in [0.2, 0.25) is 0 Å². The Morgan fingerprint density at radius 1 is 1.14 bits per heavy atom. The first kappa shape index (κ1) is 16.8. The number of hydrogen-bond donors (Lipinski definition) is 1. The molecule has 0 aromatic heterocycles. The molecule has 122 valence electrons. The fraction of sp³-hybridized carbons (Fsp3) is 0.941. The van der Waals surface area contributed by atoms with Gasteiger partial charge in [0.15, 0.2) is 0 Å². The number of carbonyl (C=O) groups is 1. The number of rotatable bonds is 6. The van der Waals surface area contributed by atoms with Crippen LogP contribution < -0.4 is 5.32 Å². The number of hydrogen-bond acceptors (Lipinski definition) is 3. The number of likely N-dealkylation sites (tertiary alicyclic amines) is 1. The van der Waals surface area contributed by atoms with E-state index in [0.717, 1.165) is 25.8 Å². The average Bonchev–Trinajstić information content (AvgIpc) is 2.50. The Morgan fingerprint density at radius 3 is 2.33 bits per heavy atom. The van der Waals surface area contributed by atoms with E-state index in [1.54, 1.807) is 7.11 Å². The molecule has 1 saturated heterocycles. The topological polar surface area (TPSA) is 41.6 Å². The van der Waals surface area contributed by atoms with Gasteiger partial charge in [0, 0.05) is 13.7 Å². The van der Waals surface area contributed by atoms with E-state index in [4.69, 9.17) is 4.74 Å². The van der Waals surface area contributed by atoms with E-state index in [0.29, 0.717) is 0 Å². The monoisotopic (exact) mass is 296 g/mol. The lowest BCUT2D eigenvalue weighted by molar-refractivity contribution is -0.134. The van der Waals surface area contributed by atoms with E-state index in [1.165, 1.54) is 51.6 Å². The first-order valence-corrected chi connectivity index (χ1v) is 8.76. The van der Waals surface area contributed by atoms with Crippen molar-refractivity contribution in [3.63, 3.8) is 0 Å². The van der Waals surface area contributed by atoms with Crippen molar-refractivity contribution in [2.45, 2.75) is 76.4 Å². The van der Waals surface area contributed by atoms with Crippen molar-refractivity contribution in [1.82, 2.24) is 10.2 Å². The Kier molecular flexibility index (Phi) is 6.49. The molecule has 0 bridgehead atoms. The summed E-state index contributed by atoms with van der Waals surface area (Å²) in [5.41, 5.74) is -0.0153. The van der Waals surface area contributed by atoms with E-state index < -0.39 is 0 Å². The summed E-state index contributed by atoms with van der Waals surface area (Å²) in [6.07, 6.45) is 10.4. The molecular formula is C17H32N2O2. The SMILES string of the molecule is CC[C@H](OC)C(=O)NC1(CN2CCCCC2)CCCCC1. The third-order valence-electron chi connectivity index (χ3n) is 5.12. The molecule has 4 heteroatoms. The highest BCUT2D eigenvalue weighted by molar-refractivity contribution is 5.81. The maximum atomic E-state index is 12.5. The summed E-state index contributed by atoms with van der Waals surface area (Å²) in [6.45, 7) is 5.42. The predicted molar refractivity (Wildman–Crippen MR) is 85.3 cm³/mol. The van der Waals surface area contributed by atoms with E-state index in [9.17, 15) is 4.79 Å².